The van der Waals surface area contributed by atoms with Crippen LogP contribution in [0.2, 0.25) is 0 Å². The Morgan fingerprint density at radius 2 is 1.88 bits per heavy atom. The van der Waals surface area contributed by atoms with Crippen molar-refractivity contribution in [1.82, 2.24) is 8.75 Å². The second-order valence-electron chi connectivity index (χ2n) is 4.86. The van der Waals surface area contributed by atoms with Crippen LogP contribution in [0, 0.1) is 0 Å². The number of carbonyl (C=O) groups excluding carboxylic acids is 2. The van der Waals surface area contributed by atoms with Gasteiger partial charge in [-0.1, -0.05) is 18.2 Å². The maximum absolute atomic E-state index is 12.1. The molecule has 7 nitrogen and oxygen atoms in total. The molecule has 2 N–H and O–H groups in total. The highest BCUT2D eigenvalue weighted by molar-refractivity contribution is 7.00. The van der Waals surface area contributed by atoms with E-state index in [1.54, 1.807) is 43.4 Å². The lowest BCUT2D eigenvalue weighted by Gasteiger charge is -2.09. The summed E-state index contributed by atoms with van der Waals surface area (Å²) < 4.78 is 13.3. The molecule has 0 saturated carbocycles. The van der Waals surface area contributed by atoms with E-state index >= 15 is 0 Å². The molecule has 0 saturated heterocycles. The summed E-state index contributed by atoms with van der Waals surface area (Å²) in [6.07, 6.45) is 0. The summed E-state index contributed by atoms with van der Waals surface area (Å²) >= 11 is 1.07. The average Bonchev–Trinajstić information content (AvgIpc) is 3.09. The van der Waals surface area contributed by atoms with Crippen molar-refractivity contribution in [2.24, 2.45) is 0 Å². The van der Waals surface area contributed by atoms with Crippen molar-refractivity contribution < 1.29 is 14.3 Å². The van der Waals surface area contributed by atoms with Crippen molar-refractivity contribution in [3.05, 3.63) is 48.0 Å². The van der Waals surface area contributed by atoms with E-state index in [0.717, 1.165) is 11.7 Å². The number of hydrogen-bond acceptors (Lipinski definition) is 7. The van der Waals surface area contributed by atoms with Crippen molar-refractivity contribution >= 4 is 46.0 Å². The van der Waals surface area contributed by atoms with Crippen LogP contribution < -0.4 is 10.6 Å². The van der Waals surface area contributed by atoms with Gasteiger partial charge in [-0.3, -0.25) is 4.79 Å². The van der Waals surface area contributed by atoms with Gasteiger partial charge in [-0.25, -0.2) is 4.79 Å². The minimum Gasteiger partial charge on any atom is -0.452 e. The molecule has 8 heteroatoms. The molecular formula is C16H14N4O3S. The summed E-state index contributed by atoms with van der Waals surface area (Å²) in [5.74, 6) is -1.01. The molecule has 0 atom stereocenters. The fourth-order valence-electron chi connectivity index (χ4n) is 2.18. The number of amides is 1. The molecule has 0 unspecified atom stereocenters. The summed E-state index contributed by atoms with van der Waals surface area (Å²) in [5.41, 5.74) is 2.87. The molecule has 1 amide bonds. The predicted octanol–water partition coefficient (Wildman–Crippen LogP) is 2.53. The minimum absolute atomic E-state index is 0.374. The Morgan fingerprint density at radius 3 is 2.71 bits per heavy atom. The molecule has 3 aromatic rings. The zero-order chi connectivity index (χ0) is 16.9. The minimum atomic E-state index is -0.566. The third-order valence-electron chi connectivity index (χ3n) is 3.31. The van der Waals surface area contributed by atoms with E-state index in [1.807, 2.05) is 6.07 Å². The van der Waals surface area contributed by atoms with E-state index < -0.39 is 11.9 Å². The first-order valence-corrected chi connectivity index (χ1v) is 7.87. The lowest BCUT2D eigenvalue weighted by molar-refractivity contribution is -0.119. The fourth-order valence-corrected chi connectivity index (χ4v) is 2.73. The van der Waals surface area contributed by atoms with Crippen molar-refractivity contribution in [3.63, 3.8) is 0 Å². The lowest BCUT2D eigenvalue weighted by Crippen LogP contribution is -2.21. The summed E-state index contributed by atoms with van der Waals surface area (Å²) in [5, 5.41) is 5.58. The number of fused-ring (bicyclic) bond motifs is 1. The fraction of sp³-hybridized carbons (Fsp3) is 0.125. The zero-order valence-electron chi connectivity index (χ0n) is 12.8. The van der Waals surface area contributed by atoms with E-state index in [1.165, 1.54) is 0 Å². The number of esters is 1. The molecule has 0 aliphatic rings. The van der Waals surface area contributed by atoms with Gasteiger partial charge in [-0.05, 0) is 24.3 Å². The number of nitrogens with one attached hydrogen (secondary N) is 2. The van der Waals surface area contributed by atoms with Crippen LogP contribution in [-0.2, 0) is 9.53 Å². The Hall–Kier alpha value is -3.00. The molecule has 122 valence electrons. The molecule has 3 rings (SSSR count). The molecule has 0 aliphatic carbocycles. The standard InChI is InChI=1S/C16H14N4O3S/c1-17-11-6-3-2-5-10(11)16(22)23-9-14(21)18-12-7-4-8-13-15(12)20-24-19-13/h2-8,17H,9H2,1H3,(H,18,21). The van der Waals surface area contributed by atoms with E-state index in [-0.39, 0.29) is 6.61 Å². The first kappa shape index (κ1) is 15.9. The largest absolute Gasteiger partial charge is 0.452 e. The number of aromatic nitrogens is 2. The highest BCUT2D eigenvalue weighted by Gasteiger charge is 2.14. The lowest BCUT2D eigenvalue weighted by atomic mass is 10.2. The molecule has 1 aromatic heterocycles. The molecule has 0 spiro atoms. The summed E-state index contributed by atoms with van der Waals surface area (Å²) in [6, 6.07) is 12.2. The Labute approximate surface area is 142 Å². The van der Waals surface area contributed by atoms with Crippen molar-refractivity contribution in [3.8, 4) is 0 Å². The van der Waals surface area contributed by atoms with Crippen LogP contribution in [0.15, 0.2) is 42.5 Å². The van der Waals surface area contributed by atoms with Crippen LogP contribution in [0.3, 0.4) is 0 Å². The third-order valence-corrected chi connectivity index (χ3v) is 3.85. The molecular weight excluding hydrogens is 328 g/mol. The number of para-hydroxylation sites is 1. The highest BCUT2D eigenvalue weighted by atomic mass is 32.1. The molecule has 1 heterocycles. The van der Waals surface area contributed by atoms with Gasteiger partial charge in [0.1, 0.15) is 11.0 Å². The van der Waals surface area contributed by atoms with Crippen molar-refractivity contribution in [2.75, 3.05) is 24.3 Å². The monoisotopic (exact) mass is 342 g/mol. The van der Waals surface area contributed by atoms with Gasteiger partial charge in [-0.15, -0.1) is 0 Å². The average molecular weight is 342 g/mol. The maximum Gasteiger partial charge on any atom is 0.340 e. The van der Waals surface area contributed by atoms with Crippen LogP contribution in [-0.4, -0.2) is 34.3 Å². The Kier molecular flexibility index (Phi) is 4.66. The summed E-state index contributed by atoms with van der Waals surface area (Å²) in [4.78, 5) is 24.1. The van der Waals surface area contributed by atoms with Crippen molar-refractivity contribution in [2.45, 2.75) is 0 Å². The van der Waals surface area contributed by atoms with Gasteiger partial charge in [0.05, 0.1) is 23.0 Å². The number of nitrogens with zero attached hydrogens (tertiary/aromatic N) is 2. The van der Waals surface area contributed by atoms with E-state index in [0.29, 0.717) is 28.0 Å². The summed E-state index contributed by atoms with van der Waals surface area (Å²) in [6.45, 7) is -0.384. The normalized spacial score (nSPS) is 10.4. The Morgan fingerprint density at radius 1 is 1.08 bits per heavy atom. The van der Waals surface area contributed by atoms with Gasteiger partial charge in [0, 0.05) is 12.7 Å². The predicted molar refractivity (Wildman–Crippen MR) is 92.3 cm³/mol. The maximum atomic E-state index is 12.1. The quantitative estimate of drug-likeness (QED) is 0.692. The number of ether oxygens (including phenoxy) is 1. The van der Waals surface area contributed by atoms with Gasteiger partial charge < -0.3 is 15.4 Å². The molecule has 0 aliphatic heterocycles. The SMILES string of the molecule is CNc1ccccc1C(=O)OCC(=O)Nc1cccc2nsnc12. The molecule has 0 radical (unpaired) electrons. The topological polar surface area (TPSA) is 93.2 Å². The highest BCUT2D eigenvalue weighted by Crippen LogP contribution is 2.21. The smallest absolute Gasteiger partial charge is 0.340 e. The first-order chi connectivity index (χ1) is 11.7. The molecule has 24 heavy (non-hydrogen) atoms. The van der Waals surface area contributed by atoms with Crippen LogP contribution in [0.1, 0.15) is 10.4 Å². The Bertz CT molecular complexity index is 894. The van der Waals surface area contributed by atoms with E-state index in [2.05, 4.69) is 19.4 Å². The number of carbonyl (C=O) groups is 2. The first-order valence-electron chi connectivity index (χ1n) is 7.14. The van der Waals surface area contributed by atoms with Crippen LogP contribution in [0.25, 0.3) is 11.0 Å². The van der Waals surface area contributed by atoms with Gasteiger partial charge >= 0.3 is 5.97 Å². The number of hydrogen-bond donors (Lipinski definition) is 2. The van der Waals surface area contributed by atoms with E-state index in [9.17, 15) is 9.59 Å². The van der Waals surface area contributed by atoms with Gasteiger partial charge in [0.15, 0.2) is 6.61 Å². The van der Waals surface area contributed by atoms with Gasteiger partial charge in [0.2, 0.25) is 0 Å². The third kappa shape index (κ3) is 3.33. The van der Waals surface area contributed by atoms with Gasteiger partial charge in [0.25, 0.3) is 5.91 Å². The second kappa shape index (κ2) is 7.05. The molecule has 0 bridgehead atoms. The molecule has 0 fully saturated rings. The van der Waals surface area contributed by atoms with Gasteiger partial charge in [-0.2, -0.15) is 8.75 Å². The van der Waals surface area contributed by atoms with Crippen LogP contribution in [0.5, 0.6) is 0 Å². The number of benzene rings is 2. The van der Waals surface area contributed by atoms with Crippen molar-refractivity contribution in [1.29, 1.82) is 0 Å². The number of anilines is 2. The zero-order valence-corrected chi connectivity index (χ0v) is 13.6. The van der Waals surface area contributed by atoms with Crippen LogP contribution >= 0.6 is 11.7 Å². The molecule has 2 aromatic carbocycles. The number of rotatable bonds is 5. The Balaban J connectivity index is 1.63. The summed E-state index contributed by atoms with van der Waals surface area (Å²) in [7, 11) is 1.71. The van der Waals surface area contributed by atoms with Crippen LogP contribution in [0.4, 0.5) is 11.4 Å². The van der Waals surface area contributed by atoms with E-state index in [4.69, 9.17) is 4.74 Å². The second-order valence-corrected chi connectivity index (χ2v) is 5.39.